The predicted molar refractivity (Wildman–Crippen MR) is 184 cm³/mol. The van der Waals surface area contributed by atoms with Crippen molar-refractivity contribution in [2.75, 3.05) is 0 Å². The minimum absolute atomic E-state index is 0.0243. The lowest BCUT2D eigenvalue weighted by Gasteiger charge is -2.45. The lowest BCUT2D eigenvalue weighted by molar-refractivity contribution is -0.178. The SMILES string of the molecule is CC1(C)O[C@@H]2[C@@H](O1)C(c1ccccc1)(c1ccccc1)OP(OC1C3(C)CCC(C3)C1(C)C)OC2(c1ccccc1)c1ccccc1. The molecule has 3 unspecified atom stereocenters. The topological polar surface area (TPSA) is 46.2 Å². The van der Waals surface area contributed by atoms with Gasteiger partial charge in [0.15, 0.2) is 17.0 Å². The van der Waals surface area contributed by atoms with Crippen LogP contribution in [0.4, 0.5) is 0 Å². The highest BCUT2D eigenvalue weighted by Crippen LogP contribution is 2.70. The predicted octanol–water partition coefficient (Wildman–Crippen LogP) is 9.90. The van der Waals surface area contributed by atoms with E-state index in [9.17, 15) is 0 Å². The first kappa shape index (κ1) is 31.4. The van der Waals surface area contributed by atoms with Gasteiger partial charge in [-0.3, -0.25) is 9.05 Å². The maximum atomic E-state index is 7.60. The monoisotopic (exact) mass is 648 g/mol. The first-order chi connectivity index (χ1) is 22.6. The van der Waals surface area contributed by atoms with Gasteiger partial charge in [-0.25, -0.2) is 0 Å². The van der Waals surface area contributed by atoms with Crippen molar-refractivity contribution in [3.63, 3.8) is 0 Å². The van der Waals surface area contributed by atoms with Gasteiger partial charge in [0.25, 0.3) is 0 Å². The zero-order chi connectivity index (χ0) is 32.5. The minimum Gasteiger partial charge on any atom is -0.341 e. The van der Waals surface area contributed by atoms with Crippen LogP contribution in [-0.4, -0.2) is 24.1 Å². The van der Waals surface area contributed by atoms with Gasteiger partial charge >= 0.3 is 8.60 Å². The molecule has 0 spiro atoms. The number of hydrogen-bond acceptors (Lipinski definition) is 5. The molecule has 2 saturated heterocycles. The van der Waals surface area contributed by atoms with Crippen LogP contribution in [-0.2, 0) is 34.2 Å². The molecule has 0 radical (unpaired) electrons. The molecule has 4 aromatic carbocycles. The van der Waals surface area contributed by atoms with Crippen molar-refractivity contribution in [1.82, 2.24) is 0 Å². The summed E-state index contributed by atoms with van der Waals surface area (Å²) in [6, 6.07) is 41.7. The molecule has 0 aromatic heterocycles. The molecule has 47 heavy (non-hydrogen) atoms. The minimum atomic E-state index is -2.00. The Balaban J connectivity index is 1.41. The van der Waals surface area contributed by atoms with E-state index in [4.69, 9.17) is 23.0 Å². The van der Waals surface area contributed by atoms with Crippen LogP contribution in [0.15, 0.2) is 121 Å². The summed E-state index contributed by atoms with van der Waals surface area (Å²) in [4.78, 5) is 0. The quantitative estimate of drug-likeness (QED) is 0.195. The van der Waals surface area contributed by atoms with Crippen LogP contribution in [0.5, 0.6) is 0 Å². The van der Waals surface area contributed by atoms with E-state index in [1.807, 2.05) is 38.1 Å². The fraction of sp³-hybridized carbons (Fsp3) is 0.415. The fourth-order valence-electron chi connectivity index (χ4n) is 9.31. The summed E-state index contributed by atoms with van der Waals surface area (Å²) in [6.45, 7) is 11.1. The van der Waals surface area contributed by atoms with Crippen LogP contribution in [0.1, 0.15) is 76.1 Å². The number of hydrogen-bond donors (Lipinski definition) is 0. The maximum Gasteiger partial charge on any atom is 0.335 e. The zero-order valence-corrected chi connectivity index (χ0v) is 28.9. The normalized spacial score (nSPS) is 31.7. The van der Waals surface area contributed by atoms with Gasteiger partial charge in [-0.2, -0.15) is 0 Å². The Morgan fingerprint density at radius 3 is 1.30 bits per heavy atom. The van der Waals surface area contributed by atoms with Gasteiger partial charge in [0, 0.05) is 0 Å². The van der Waals surface area contributed by atoms with Crippen molar-refractivity contribution in [3.05, 3.63) is 144 Å². The fourth-order valence-corrected chi connectivity index (χ4v) is 11.2. The van der Waals surface area contributed by atoms with Crippen molar-refractivity contribution in [2.45, 2.75) is 89.2 Å². The van der Waals surface area contributed by atoms with Crippen molar-refractivity contribution in [1.29, 1.82) is 0 Å². The first-order valence-corrected chi connectivity index (χ1v) is 18.1. The highest BCUT2D eigenvalue weighted by Gasteiger charge is 2.69. The third-order valence-corrected chi connectivity index (χ3v) is 12.7. The molecule has 8 rings (SSSR count). The van der Waals surface area contributed by atoms with Crippen LogP contribution in [0.25, 0.3) is 0 Å². The molecule has 2 saturated carbocycles. The van der Waals surface area contributed by atoms with E-state index < -0.39 is 37.8 Å². The van der Waals surface area contributed by atoms with Gasteiger partial charge in [0.1, 0.15) is 12.2 Å². The summed E-state index contributed by atoms with van der Waals surface area (Å²) in [5.41, 5.74) is 1.68. The van der Waals surface area contributed by atoms with Crippen LogP contribution < -0.4 is 0 Å². The molecule has 0 amide bonds. The smallest absolute Gasteiger partial charge is 0.335 e. The van der Waals surface area contributed by atoms with E-state index in [1.54, 1.807) is 0 Å². The van der Waals surface area contributed by atoms with E-state index in [2.05, 4.69) is 118 Å². The lowest BCUT2D eigenvalue weighted by Crippen LogP contribution is -2.53. The highest BCUT2D eigenvalue weighted by molar-refractivity contribution is 7.41. The van der Waals surface area contributed by atoms with Crippen LogP contribution in [0.3, 0.4) is 0 Å². The molecule has 5 nitrogen and oxygen atoms in total. The Kier molecular flexibility index (Phi) is 7.57. The van der Waals surface area contributed by atoms with E-state index in [1.165, 1.54) is 6.42 Å². The van der Waals surface area contributed by atoms with Gasteiger partial charge < -0.3 is 14.0 Å². The maximum absolute atomic E-state index is 7.60. The van der Waals surface area contributed by atoms with Gasteiger partial charge in [-0.15, -0.1) is 0 Å². The molecule has 2 bridgehead atoms. The Morgan fingerprint density at radius 2 is 0.957 bits per heavy atom. The highest BCUT2D eigenvalue weighted by atomic mass is 31.2. The molecule has 2 aliphatic heterocycles. The summed E-state index contributed by atoms with van der Waals surface area (Å²) in [7, 11) is -2.00. The summed E-state index contributed by atoms with van der Waals surface area (Å²) in [5, 5.41) is 0. The average molecular weight is 649 g/mol. The van der Waals surface area contributed by atoms with E-state index >= 15 is 0 Å². The molecular weight excluding hydrogens is 603 g/mol. The van der Waals surface area contributed by atoms with Gasteiger partial charge in [-0.1, -0.05) is 142 Å². The molecule has 6 heteroatoms. The number of benzene rings is 4. The van der Waals surface area contributed by atoms with E-state index in [0.29, 0.717) is 5.92 Å². The lowest BCUT2D eigenvalue weighted by atomic mass is 9.70. The Bertz CT molecular complexity index is 1510. The first-order valence-electron chi connectivity index (χ1n) is 17.0. The summed E-state index contributed by atoms with van der Waals surface area (Å²) in [5.74, 6) is -0.320. The largest absolute Gasteiger partial charge is 0.341 e. The number of rotatable bonds is 6. The Morgan fingerprint density at radius 1 is 0.574 bits per heavy atom. The van der Waals surface area contributed by atoms with Crippen LogP contribution in [0.2, 0.25) is 0 Å². The second kappa shape index (κ2) is 11.3. The van der Waals surface area contributed by atoms with Crippen LogP contribution in [0, 0.1) is 16.7 Å². The van der Waals surface area contributed by atoms with Gasteiger partial charge in [0.2, 0.25) is 0 Å². The molecule has 244 valence electrons. The number of fused-ring (bicyclic) bond motifs is 3. The molecule has 2 aliphatic carbocycles. The summed E-state index contributed by atoms with van der Waals surface area (Å²) in [6.07, 6.45) is 2.28. The van der Waals surface area contributed by atoms with Crippen LogP contribution >= 0.6 is 8.60 Å². The second-order valence-corrected chi connectivity index (χ2v) is 16.2. The number of ether oxygens (including phenoxy) is 2. The van der Waals surface area contributed by atoms with Gasteiger partial charge in [0.05, 0.1) is 6.10 Å². The molecule has 0 N–H and O–H groups in total. The summed E-state index contributed by atoms with van der Waals surface area (Å²) < 4.78 is 36.8. The Labute approximate surface area is 280 Å². The average Bonchev–Trinajstić information content (AvgIpc) is 3.68. The third-order valence-electron chi connectivity index (χ3n) is 11.5. The molecule has 5 atom stereocenters. The standard InChI is InChI=1S/C41H45O5P/c1-37(2)33-26-27-39(5,28-33)36(37)44-47-45-40(29-18-10-6-11-19-29,30-20-12-7-13-21-30)34-35(43-38(3,4)42-34)41(46-47,31-22-14-8-15-23-31)32-24-16-9-17-25-32/h6-25,33-36H,26-28H2,1-5H3/t33?,34-,35-,36?,39?/m1/s1. The molecule has 2 heterocycles. The van der Waals surface area contributed by atoms with E-state index in [-0.39, 0.29) is 16.9 Å². The van der Waals surface area contributed by atoms with Crippen molar-refractivity contribution >= 4 is 8.60 Å². The van der Waals surface area contributed by atoms with Gasteiger partial charge in [-0.05, 0) is 72.1 Å². The van der Waals surface area contributed by atoms with E-state index in [0.717, 1.165) is 35.1 Å². The molecule has 4 fully saturated rings. The van der Waals surface area contributed by atoms with Crippen molar-refractivity contribution in [2.24, 2.45) is 16.7 Å². The molecule has 4 aromatic rings. The Hall–Kier alpha value is -2.89. The molecular formula is C41H45O5P. The van der Waals surface area contributed by atoms with Crippen molar-refractivity contribution < 1.29 is 23.0 Å². The second-order valence-electron chi connectivity index (χ2n) is 15.2. The zero-order valence-electron chi connectivity index (χ0n) is 28.0. The molecule has 4 aliphatic rings. The van der Waals surface area contributed by atoms with Crippen molar-refractivity contribution in [3.8, 4) is 0 Å². The third kappa shape index (κ3) is 4.89. The summed E-state index contributed by atoms with van der Waals surface area (Å²) >= 11 is 0.